The number of halogens is 1. The molecule has 1 aliphatic heterocycles. The molecule has 0 spiro atoms. The lowest BCUT2D eigenvalue weighted by Gasteiger charge is -2.39. The normalized spacial score (nSPS) is 20.4. The van der Waals surface area contributed by atoms with E-state index >= 15 is 0 Å². The van der Waals surface area contributed by atoms with Gasteiger partial charge in [0, 0.05) is 35.6 Å². The fraction of sp³-hybridized carbons (Fsp3) is 0.414. The Morgan fingerprint density at radius 3 is 2.38 bits per heavy atom. The van der Waals surface area contributed by atoms with Crippen molar-refractivity contribution in [3.8, 4) is 5.88 Å². The van der Waals surface area contributed by atoms with Gasteiger partial charge in [-0.25, -0.2) is 18.4 Å². The summed E-state index contributed by atoms with van der Waals surface area (Å²) in [7, 11) is -2.38. The maximum absolute atomic E-state index is 12.7. The zero-order chi connectivity index (χ0) is 28.0. The van der Waals surface area contributed by atoms with Crippen molar-refractivity contribution < 1.29 is 13.2 Å². The summed E-state index contributed by atoms with van der Waals surface area (Å²) in [5, 5.41) is 3.64. The number of pyridine rings is 1. The first kappa shape index (κ1) is 28.3. The van der Waals surface area contributed by atoms with Gasteiger partial charge in [-0.2, -0.15) is 4.98 Å². The molecular formula is C29H35ClN6O3S. The molecular weight excluding hydrogens is 548 g/mol. The van der Waals surface area contributed by atoms with Gasteiger partial charge < -0.3 is 15.0 Å². The van der Waals surface area contributed by atoms with Gasteiger partial charge in [0.1, 0.15) is 0 Å². The second-order valence-electron chi connectivity index (χ2n) is 10.3. The van der Waals surface area contributed by atoms with E-state index in [9.17, 15) is 8.42 Å². The van der Waals surface area contributed by atoms with E-state index in [-0.39, 0.29) is 21.6 Å². The van der Waals surface area contributed by atoms with Crippen LogP contribution in [0.25, 0.3) is 12.2 Å². The van der Waals surface area contributed by atoms with Crippen molar-refractivity contribution in [2.45, 2.75) is 61.9 Å². The second kappa shape index (κ2) is 13.0. The molecule has 1 aromatic carbocycles. The van der Waals surface area contributed by atoms with Gasteiger partial charge in [0.15, 0.2) is 5.82 Å². The third kappa shape index (κ3) is 7.10. The van der Waals surface area contributed by atoms with Crippen LogP contribution in [0.2, 0.25) is 5.02 Å². The Labute approximate surface area is 241 Å². The van der Waals surface area contributed by atoms with Gasteiger partial charge in [0.05, 0.1) is 17.0 Å². The molecule has 3 heterocycles. The highest BCUT2D eigenvalue weighted by molar-refractivity contribution is 7.92. The number of likely N-dealkylation sites (tertiary alicyclic amines) is 1. The van der Waals surface area contributed by atoms with Crippen molar-refractivity contribution in [3.63, 3.8) is 0 Å². The summed E-state index contributed by atoms with van der Waals surface area (Å²) >= 11 is 6.39. The summed E-state index contributed by atoms with van der Waals surface area (Å²) in [5.41, 5.74) is 1.38. The van der Waals surface area contributed by atoms with Crippen LogP contribution in [-0.2, 0) is 10.0 Å². The predicted molar refractivity (Wildman–Crippen MR) is 159 cm³/mol. The number of sulfonamides is 1. The van der Waals surface area contributed by atoms with Crippen LogP contribution in [0.4, 0.5) is 11.8 Å². The van der Waals surface area contributed by atoms with Crippen molar-refractivity contribution in [2.75, 3.05) is 30.2 Å². The molecule has 0 bridgehead atoms. The van der Waals surface area contributed by atoms with E-state index in [1.807, 2.05) is 6.08 Å². The van der Waals surface area contributed by atoms with Crippen LogP contribution in [0.15, 0.2) is 53.7 Å². The van der Waals surface area contributed by atoms with Crippen LogP contribution in [0.1, 0.15) is 56.1 Å². The Balaban J connectivity index is 1.19. The molecule has 11 heteroatoms. The highest BCUT2D eigenvalue weighted by Crippen LogP contribution is 2.30. The number of hydrogen-bond donors (Lipinski definition) is 2. The number of ether oxygens (including phenoxy) is 1. The Kier molecular flexibility index (Phi) is 9.18. The van der Waals surface area contributed by atoms with Crippen LogP contribution < -0.4 is 14.8 Å². The number of rotatable bonds is 9. The fourth-order valence-electron chi connectivity index (χ4n) is 5.36. The Hall–Kier alpha value is -3.21. The van der Waals surface area contributed by atoms with E-state index in [2.05, 4.69) is 29.9 Å². The molecule has 0 amide bonds. The Morgan fingerprint density at radius 2 is 1.70 bits per heavy atom. The largest absolute Gasteiger partial charge is 0.481 e. The topological polar surface area (TPSA) is 109 Å². The number of hydrogen-bond acceptors (Lipinski definition) is 8. The molecule has 2 aliphatic rings. The van der Waals surface area contributed by atoms with Gasteiger partial charge in [-0.1, -0.05) is 42.3 Å². The minimum atomic E-state index is -3.85. The zero-order valence-corrected chi connectivity index (χ0v) is 24.2. The van der Waals surface area contributed by atoms with E-state index < -0.39 is 10.0 Å². The third-order valence-corrected chi connectivity index (χ3v) is 9.15. The summed E-state index contributed by atoms with van der Waals surface area (Å²) < 4.78 is 33.2. The fourth-order valence-corrected chi connectivity index (χ4v) is 6.67. The second-order valence-corrected chi connectivity index (χ2v) is 12.3. The molecule has 1 aliphatic carbocycles. The molecule has 5 rings (SSSR count). The standard InChI is InChI=1S/C29H35ClN6O3S/c1-39-28-22(18-26(30)27(34-28)35-40(37,38)25-8-4-2-5-9-25)11-10-21-19-31-29(32-20-21)33-23-12-14-24(15-13-23)36-16-6-3-7-17-36/h2,4-5,8-11,18-20,23-24H,3,6-7,12-17H2,1H3,(H,34,35)(H,31,32,33)/b11-10+. The molecule has 3 aromatic rings. The highest BCUT2D eigenvalue weighted by Gasteiger charge is 2.27. The summed E-state index contributed by atoms with van der Waals surface area (Å²) in [6.45, 7) is 2.51. The summed E-state index contributed by atoms with van der Waals surface area (Å²) in [4.78, 5) is 16.1. The number of nitrogens with one attached hydrogen (secondary N) is 2. The van der Waals surface area contributed by atoms with Crippen LogP contribution in [0, 0.1) is 0 Å². The predicted octanol–water partition coefficient (Wildman–Crippen LogP) is 5.71. The van der Waals surface area contributed by atoms with E-state index in [0.29, 0.717) is 17.6 Å². The number of aromatic nitrogens is 3. The van der Waals surface area contributed by atoms with E-state index in [0.717, 1.165) is 24.4 Å². The zero-order valence-electron chi connectivity index (χ0n) is 22.6. The average Bonchev–Trinajstić information content (AvgIpc) is 2.99. The monoisotopic (exact) mass is 582 g/mol. The number of piperidine rings is 1. The minimum absolute atomic E-state index is 0.0109. The van der Waals surface area contributed by atoms with Crippen LogP contribution in [-0.4, -0.2) is 60.6 Å². The third-order valence-electron chi connectivity index (χ3n) is 7.51. The summed E-state index contributed by atoms with van der Waals surface area (Å²) in [6.07, 6.45) is 15.9. The van der Waals surface area contributed by atoms with Gasteiger partial charge >= 0.3 is 0 Å². The molecule has 2 aromatic heterocycles. The van der Waals surface area contributed by atoms with Crippen LogP contribution >= 0.6 is 11.6 Å². The maximum atomic E-state index is 12.7. The first-order valence-electron chi connectivity index (χ1n) is 13.7. The lowest BCUT2D eigenvalue weighted by molar-refractivity contribution is 0.127. The van der Waals surface area contributed by atoms with Crippen molar-refractivity contribution in [1.29, 1.82) is 0 Å². The van der Waals surface area contributed by atoms with Gasteiger partial charge in [-0.05, 0) is 75.9 Å². The summed E-state index contributed by atoms with van der Waals surface area (Å²) in [6, 6.07) is 10.7. The Bertz CT molecular complexity index is 1410. The molecule has 2 N–H and O–H groups in total. The van der Waals surface area contributed by atoms with E-state index in [1.54, 1.807) is 42.7 Å². The molecule has 0 atom stereocenters. The minimum Gasteiger partial charge on any atom is -0.481 e. The Morgan fingerprint density at radius 1 is 1.00 bits per heavy atom. The average molecular weight is 583 g/mol. The molecule has 0 unspecified atom stereocenters. The number of methoxy groups -OCH3 is 1. The lowest BCUT2D eigenvalue weighted by Crippen LogP contribution is -2.43. The molecule has 212 valence electrons. The van der Waals surface area contributed by atoms with Crippen LogP contribution in [0.3, 0.4) is 0 Å². The van der Waals surface area contributed by atoms with Gasteiger partial charge in [-0.3, -0.25) is 4.72 Å². The van der Waals surface area contributed by atoms with Gasteiger partial charge in [-0.15, -0.1) is 0 Å². The first-order valence-corrected chi connectivity index (χ1v) is 15.6. The van der Waals surface area contributed by atoms with E-state index in [4.69, 9.17) is 16.3 Å². The molecule has 1 saturated carbocycles. The quantitative estimate of drug-likeness (QED) is 0.330. The smallest absolute Gasteiger partial charge is 0.263 e. The van der Waals surface area contributed by atoms with E-state index in [1.165, 1.54) is 64.4 Å². The van der Waals surface area contributed by atoms with Crippen LogP contribution in [0.5, 0.6) is 5.88 Å². The van der Waals surface area contributed by atoms with Crippen molar-refractivity contribution in [1.82, 2.24) is 19.9 Å². The van der Waals surface area contributed by atoms with Gasteiger partial charge in [0.2, 0.25) is 11.8 Å². The van der Waals surface area contributed by atoms with Crippen molar-refractivity contribution >= 4 is 45.5 Å². The first-order chi connectivity index (χ1) is 19.4. The summed E-state index contributed by atoms with van der Waals surface area (Å²) in [5.74, 6) is 0.852. The molecule has 0 radical (unpaired) electrons. The molecule has 40 heavy (non-hydrogen) atoms. The lowest BCUT2D eigenvalue weighted by atomic mass is 9.89. The SMILES string of the molecule is COc1nc(NS(=O)(=O)c2ccccc2)c(Cl)cc1/C=C/c1cnc(NC2CCC(N3CCCCC3)CC2)nc1. The molecule has 9 nitrogen and oxygen atoms in total. The van der Waals surface area contributed by atoms with Crippen molar-refractivity contribution in [2.24, 2.45) is 0 Å². The van der Waals surface area contributed by atoms with Crippen molar-refractivity contribution in [3.05, 3.63) is 64.9 Å². The maximum Gasteiger partial charge on any atom is 0.263 e. The molecule has 2 fully saturated rings. The van der Waals surface area contributed by atoms with Gasteiger partial charge in [0.25, 0.3) is 10.0 Å². The molecule has 1 saturated heterocycles. The number of benzene rings is 1. The number of nitrogens with zero attached hydrogens (tertiary/aromatic N) is 4. The number of anilines is 2. The highest BCUT2D eigenvalue weighted by atomic mass is 35.5.